The van der Waals surface area contributed by atoms with Crippen LogP contribution in [0.15, 0.2) is 6.07 Å². The molecule has 3 N–H and O–H groups in total. The summed E-state index contributed by atoms with van der Waals surface area (Å²) >= 11 is 13.6. The molecule has 6 atom stereocenters. The number of nitrogens with two attached hydrogens (primary N) is 1. The van der Waals surface area contributed by atoms with Crippen LogP contribution < -0.4 is 15.8 Å². The van der Waals surface area contributed by atoms with Gasteiger partial charge in [-0.1, -0.05) is 39.3 Å². The molecule has 4 aliphatic rings. The van der Waals surface area contributed by atoms with Crippen LogP contribution in [0.4, 0.5) is 0 Å². The third-order valence-electron chi connectivity index (χ3n) is 8.96. The normalized spacial score (nSPS) is 42.1. The number of ether oxygens (including phenoxy) is 1. The van der Waals surface area contributed by atoms with E-state index >= 15 is 0 Å². The molecule has 0 aromatic heterocycles. The molecule has 1 spiro atoms. The van der Waals surface area contributed by atoms with Gasteiger partial charge in [0.1, 0.15) is 11.4 Å². The van der Waals surface area contributed by atoms with E-state index in [2.05, 4.69) is 33.0 Å². The highest BCUT2D eigenvalue weighted by Gasteiger charge is 2.69. The average molecular weight is 437 g/mol. The highest BCUT2D eigenvalue weighted by atomic mass is 35.5. The van der Waals surface area contributed by atoms with Crippen molar-refractivity contribution in [2.75, 3.05) is 0 Å². The van der Waals surface area contributed by atoms with E-state index in [1.165, 1.54) is 0 Å². The van der Waals surface area contributed by atoms with Gasteiger partial charge in [-0.3, -0.25) is 4.79 Å². The third-order valence-corrected chi connectivity index (χ3v) is 10.2. The second-order valence-corrected chi connectivity index (χ2v) is 11.5. The predicted octanol–water partition coefficient (Wildman–Crippen LogP) is 4.67. The van der Waals surface area contributed by atoms with Gasteiger partial charge in [-0.15, -0.1) is 11.6 Å². The largest absolute Gasteiger partial charge is 0.486 e. The van der Waals surface area contributed by atoms with Crippen LogP contribution >= 0.6 is 23.2 Å². The summed E-state index contributed by atoms with van der Waals surface area (Å²) in [5, 5.41) is 3.48. The monoisotopic (exact) mass is 436 g/mol. The van der Waals surface area contributed by atoms with Gasteiger partial charge < -0.3 is 15.8 Å². The summed E-state index contributed by atoms with van der Waals surface area (Å²) in [6, 6.07) is 1.68. The number of fused-ring (bicyclic) bond motifs is 3. The van der Waals surface area contributed by atoms with Crippen LogP contribution in [0.2, 0.25) is 5.02 Å². The maximum absolute atomic E-state index is 12.3. The van der Waals surface area contributed by atoms with Crippen LogP contribution in [0.3, 0.4) is 0 Å². The highest BCUT2D eigenvalue weighted by molar-refractivity contribution is 6.32. The lowest BCUT2D eigenvalue weighted by Gasteiger charge is -2.68. The van der Waals surface area contributed by atoms with E-state index in [-0.39, 0.29) is 28.2 Å². The van der Waals surface area contributed by atoms with Crippen molar-refractivity contribution in [1.82, 2.24) is 5.32 Å². The molecule has 2 aliphatic carbocycles. The Balaban J connectivity index is 1.75. The number of halogens is 2. The van der Waals surface area contributed by atoms with Crippen LogP contribution in [0.5, 0.6) is 5.75 Å². The minimum absolute atomic E-state index is 0.0748. The summed E-state index contributed by atoms with van der Waals surface area (Å²) in [6.07, 6.45) is 3.80. The second-order valence-electron chi connectivity index (χ2n) is 10.6. The number of carbonyl (C=O) groups is 1. The number of carbonyl (C=O) groups excluding carboxylic acids is 1. The van der Waals surface area contributed by atoms with E-state index in [4.69, 9.17) is 33.7 Å². The molecular weight excluding hydrogens is 407 g/mol. The molecule has 1 amide bonds. The van der Waals surface area contributed by atoms with E-state index in [1.54, 1.807) is 0 Å². The van der Waals surface area contributed by atoms with Crippen molar-refractivity contribution in [3.63, 3.8) is 0 Å². The summed E-state index contributed by atoms with van der Waals surface area (Å²) in [4.78, 5) is 12.3. The van der Waals surface area contributed by atoms with E-state index in [0.29, 0.717) is 29.0 Å². The maximum atomic E-state index is 12.3. The number of benzene rings is 1. The minimum atomic E-state index is -0.407. The van der Waals surface area contributed by atoms with Gasteiger partial charge in [0.2, 0.25) is 0 Å². The third kappa shape index (κ3) is 2.34. The van der Waals surface area contributed by atoms with Crippen molar-refractivity contribution in [2.24, 2.45) is 28.4 Å². The molecule has 2 fully saturated rings. The standard InChI is InChI=1S/C23H30Cl2N2O2/c1-11-5-6-17-21(2,3)19(25)16(26)9-23(17)22(11,4)8-13-15(24)7-12-14(18(13)29-23)10-27-20(12)28/h7,11,16-17,19H,5-6,8-10,26H2,1-4H3,(H,27,28)/t11-,16?,17-,19?,22+,23-/m0/s1. The number of hydrogen-bond donors (Lipinski definition) is 2. The van der Waals surface area contributed by atoms with Gasteiger partial charge in [-0.05, 0) is 36.7 Å². The Hall–Kier alpha value is -0.970. The second kappa shape index (κ2) is 6.05. The van der Waals surface area contributed by atoms with Gasteiger partial charge in [-0.25, -0.2) is 0 Å². The van der Waals surface area contributed by atoms with Crippen LogP contribution in [0.25, 0.3) is 0 Å². The first-order chi connectivity index (χ1) is 13.5. The lowest BCUT2D eigenvalue weighted by atomic mass is 9.43. The number of alkyl halides is 1. The molecule has 0 radical (unpaired) electrons. The van der Waals surface area contributed by atoms with Gasteiger partial charge in [-0.2, -0.15) is 0 Å². The summed E-state index contributed by atoms with van der Waals surface area (Å²) in [5.41, 5.74) is 8.63. The first-order valence-electron chi connectivity index (χ1n) is 10.7. The van der Waals surface area contributed by atoms with Crippen molar-refractivity contribution in [3.05, 3.63) is 27.8 Å². The van der Waals surface area contributed by atoms with Gasteiger partial charge in [0, 0.05) is 52.1 Å². The molecule has 0 bridgehead atoms. The zero-order chi connectivity index (χ0) is 20.9. The van der Waals surface area contributed by atoms with Crippen molar-refractivity contribution >= 4 is 29.1 Å². The molecule has 0 saturated heterocycles. The molecule has 4 nitrogen and oxygen atoms in total. The molecule has 158 valence electrons. The molecule has 5 rings (SSSR count). The fourth-order valence-electron chi connectivity index (χ4n) is 7.08. The first kappa shape index (κ1) is 20.0. The molecule has 2 unspecified atom stereocenters. The molecule has 29 heavy (non-hydrogen) atoms. The van der Waals surface area contributed by atoms with Crippen LogP contribution in [-0.2, 0) is 13.0 Å². The smallest absolute Gasteiger partial charge is 0.252 e. The Morgan fingerprint density at radius 1 is 1.24 bits per heavy atom. The summed E-state index contributed by atoms with van der Waals surface area (Å²) in [7, 11) is 0. The fraction of sp³-hybridized carbons (Fsp3) is 0.696. The SMILES string of the molecule is C[C@H]1CC[C@H]2C(C)(C)C(Cl)C(N)C[C@]23Oc2c(c(Cl)cc4c2CNC4=O)C[C@]13C. The molecule has 1 aromatic rings. The Kier molecular flexibility index (Phi) is 4.16. The van der Waals surface area contributed by atoms with E-state index in [1.807, 2.05) is 6.07 Å². The average Bonchev–Trinajstić information content (AvgIpc) is 3.01. The van der Waals surface area contributed by atoms with Crippen molar-refractivity contribution in [3.8, 4) is 5.75 Å². The lowest BCUT2D eigenvalue weighted by Crippen LogP contribution is -2.73. The van der Waals surface area contributed by atoms with Gasteiger partial charge >= 0.3 is 0 Å². The number of amides is 1. The lowest BCUT2D eigenvalue weighted by molar-refractivity contribution is -0.212. The number of hydrogen-bond acceptors (Lipinski definition) is 3. The van der Waals surface area contributed by atoms with Gasteiger partial charge in [0.05, 0.1) is 5.38 Å². The first-order valence-corrected chi connectivity index (χ1v) is 11.6. The Morgan fingerprint density at radius 3 is 2.69 bits per heavy atom. The van der Waals surface area contributed by atoms with Crippen LogP contribution in [0.1, 0.15) is 68.4 Å². The Labute approximate surface area is 182 Å². The number of nitrogens with one attached hydrogen (secondary N) is 1. The quantitative estimate of drug-likeness (QED) is 0.580. The highest BCUT2D eigenvalue weighted by Crippen LogP contribution is 2.67. The van der Waals surface area contributed by atoms with Gasteiger partial charge in [0.25, 0.3) is 5.91 Å². The Bertz CT molecular complexity index is 917. The predicted molar refractivity (Wildman–Crippen MR) is 116 cm³/mol. The molecule has 1 aromatic carbocycles. The van der Waals surface area contributed by atoms with Crippen molar-refractivity contribution < 1.29 is 9.53 Å². The topological polar surface area (TPSA) is 64.3 Å². The maximum Gasteiger partial charge on any atom is 0.252 e. The van der Waals surface area contributed by atoms with Crippen LogP contribution in [0, 0.1) is 22.7 Å². The summed E-state index contributed by atoms with van der Waals surface area (Å²) in [5.74, 6) is 1.52. The fourth-order valence-corrected chi connectivity index (χ4v) is 7.58. The van der Waals surface area contributed by atoms with E-state index in [0.717, 1.165) is 42.6 Å². The molecule has 2 aliphatic heterocycles. The van der Waals surface area contributed by atoms with Crippen molar-refractivity contribution in [2.45, 2.75) is 76.9 Å². The molecular formula is C23H30Cl2N2O2. The Morgan fingerprint density at radius 2 is 1.97 bits per heavy atom. The number of rotatable bonds is 0. The summed E-state index contributed by atoms with van der Waals surface area (Å²) < 4.78 is 7.11. The van der Waals surface area contributed by atoms with Gasteiger partial charge in [0.15, 0.2) is 0 Å². The minimum Gasteiger partial charge on any atom is -0.486 e. The molecule has 2 heterocycles. The van der Waals surface area contributed by atoms with E-state index < -0.39 is 5.60 Å². The zero-order valence-electron chi connectivity index (χ0n) is 17.6. The van der Waals surface area contributed by atoms with Crippen molar-refractivity contribution in [1.29, 1.82) is 0 Å². The molecule has 2 saturated carbocycles. The summed E-state index contributed by atoms with van der Waals surface area (Å²) in [6.45, 7) is 9.69. The zero-order valence-corrected chi connectivity index (χ0v) is 19.1. The van der Waals surface area contributed by atoms with E-state index in [9.17, 15) is 4.79 Å². The van der Waals surface area contributed by atoms with Crippen LogP contribution in [-0.4, -0.2) is 22.9 Å². The molecule has 6 heteroatoms.